The Morgan fingerprint density at radius 3 is 2.45 bits per heavy atom. The molecular weight excluding hydrogens is 138 g/mol. The molecule has 0 aromatic rings. The summed E-state index contributed by atoms with van der Waals surface area (Å²) in [5.41, 5.74) is 0.809. The van der Waals surface area contributed by atoms with Crippen LogP contribution >= 0.6 is 0 Å². The molecule has 0 aliphatic heterocycles. The lowest BCUT2D eigenvalue weighted by Crippen LogP contribution is -2.36. The Bertz CT molecular complexity index is 198. The number of hydrogen-bond acceptors (Lipinski definition) is 2. The van der Waals surface area contributed by atoms with Crippen molar-refractivity contribution < 1.29 is 4.79 Å². The first kappa shape index (κ1) is 8.31. The molecule has 1 N–H and O–H groups in total. The van der Waals surface area contributed by atoms with Crippen molar-refractivity contribution in [1.82, 2.24) is 5.32 Å². The maximum absolute atomic E-state index is 11.1. The molecule has 0 aromatic heterocycles. The molecule has 0 saturated heterocycles. The number of Topliss-reactive ketones (excluding diaryl/α,β-unsaturated/α-hetero) is 1. The molecule has 1 rings (SSSR count). The summed E-state index contributed by atoms with van der Waals surface area (Å²) in [7, 11) is 0. The molecule has 0 heterocycles. The molecule has 0 fully saturated rings. The predicted molar refractivity (Wildman–Crippen MR) is 45.2 cm³/mol. The average molecular weight is 153 g/mol. The smallest absolute Gasteiger partial charge is 0.178 e. The Morgan fingerprint density at radius 1 is 1.45 bits per heavy atom. The third-order valence-corrected chi connectivity index (χ3v) is 1.53. The van der Waals surface area contributed by atoms with Crippen LogP contribution in [0.2, 0.25) is 0 Å². The van der Waals surface area contributed by atoms with Crippen LogP contribution in [0.4, 0.5) is 0 Å². The summed E-state index contributed by atoms with van der Waals surface area (Å²) >= 11 is 0. The highest BCUT2D eigenvalue weighted by molar-refractivity contribution is 5.97. The van der Waals surface area contributed by atoms with Crippen molar-refractivity contribution in [2.75, 3.05) is 0 Å². The normalized spacial score (nSPS) is 18.5. The van der Waals surface area contributed by atoms with Gasteiger partial charge in [0.05, 0.1) is 5.70 Å². The van der Waals surface area contributed by atoms with Gasteiger partial charge in [0, 0.05) is 12.0 Å². The highest BCUT2D eigenvalue weighted by Crippen LogP contribution is 2.14. The quantitative estimate of drug-likeness (QED) is 0.620. The van der Waals surface area contributed by atoms with Gasteiger partial charge in [0.25, 0.3) is 0 Å². The maximum Gasteiger partial charge on any atom is 0.178 e. The van der Waals surface area contributed by atoms with E-state index in [1.807, 2.05) is 6.08 Å². The second-order valence-electron chi connectivity index (χ2n) is 3.95. The van der Waals surface area contributed by atoms with Gasteiger partial charge in [-0.2, -0.15) is 0 Å². The lowest BCUT2D eigenvalue weighted by Gasteiger charge is -2.22. The number of allylic oxidation sites excluding steroid dienone is 2. The number of nitrogens with one attached hydrogen (secondary N) is 1. The third-order valence-electron chi connectivity index (χ3n) is 1.53. The van der Waals surface area contributed by atoms with Gasteiger partial charge in [-0.25, -0.2) is 0 Å². The van der Waals surface area contributed by atoms with E-state index in [1.54, 1.807) is 0 Å². The summed E-state index contributed by atoms with van der Waals surface area (Å²) < 4.78 is 0. The fourth-order valence-electron chi connectivity index (χ4n) is 1.12. The number of hydrogen-bond donors (Lipinski definition) is 1. The van der Waals surface area contributed by atoms with Crippen LogP contribution in [0.3, 0.4) is 0 Å². The highest BCUT2D eigenvalue weighted by atomic mass is 16.1. The first-order chi connectivity index (χ1) is 4.99. The average Bonchev–Trinajstić information content (AvgIpc) is 2.12. The number of carbonyl (C=O) groups is 1. The summed E-state index contributed by atoms with van der Waals surface area (Å²) in [5.74, 6) is 0.250. The molecular formula is C9H15NO. The zero-order valence-electron chi connectivity index (χ0n) is 7.40. The Labute approximate surface area is 67.7 Å². The van der Waals surface area contributed by atoms with E-state index < -0.39 is 0 Å². The van der Waals surface area contributed by atoms with Crippen LogP contribution < -0.4 is 5.32 Å². The van der Waals surface area contributed by atoms with Gasteiger partial charge in [-0.15, -0.1) is 0 Å². The van der Waals surface area contributed by atoms with Gasteiger partial charge in [-0.05, 0) is 27.2 Å². The largest absolute Gasteiger partial charge is 0.378 e. The highest BCUT2D eigenvalue weighted by Gasteiger charge is 2.19. The van der Waals surface area contributed by atoms with Crippen LogP contribution in [-0.2, 0) is 4.79 Å². The van der Waals surface area contributed by atoms with Gasteiger partial charge >= 0.3 is 0 Å². The molecule has 2 heteroatoms. The molecule has 11 heavy (non-hydrogen) atoms. The van der Waals surface area contributed by atoms with Crippen LogP contribution in [0.5, 0.6) is 0 Å². The van der Waals surface area contributed by atoms with E-state index in [1.165, 1.54) is 0 Å². The fourth-order valence-corrected chi connectivity index (χ4v) is 1.12. The Hall–Kier alpha value is -0.790. The van der Waals surface area contributed by atoms with Crippen LogP contribution in [0.25, 0.3) is 0 Å². The molecule has 0 unspecified atom stereocenters. The zero-order valence-corrected chi connectivity index (χ0v) is 7.40. The van der Waals surface area contributed by atoms with E-state index in [4.69, 9.17) is 0 Å². The predicted octanol–water partition coefficient (Wildman–Crippen LogP) is 1.62. The van der Waals surface area contributed by atoms with Crippen molar-refractivity contribution >= 4 is 5.78 Å². The molecule has 1 aliphatic rings. The Morgan fingerprint density at radius 2 is 2.09 bits per heavy atom. The van der Waals surface area contributed by atoms with Gasteiger partial charge in [0.15, 0.2) is 5.78 Å². The van der Waals surface area contributed by atoms with E-state index in [2.05, 4.69) is 26.1 Å². The van der Waals surface area contributed by atoms with Crippen molar-refractivity contribution in [2.24, 2.45) is 0 Å². The number of rotatable bonds is 1. The van der Waals surface area contributed by atoms with E-state index in [0.717, 1.165) is 12.1 Å². The van der Waals surface area contributed by atoms with Crippen molar-refractivity contribution in [3.8, 4) is 0 Å². The molecule has 0 radical (unpaired) electrons. The third kappa shape index (κ3) is 2.37. The minimum Gasteiger partial charge on any atom is -0.378 e. The lowest BCUT2D eigenvalue weighted by atomic mass is 10.1. The monoisotopic (exact) mass is 153 g/mol. The summed E-state index contributed by atoms with van der Waals surface area (Å²) in [4.78, 5) is 11.1. The molecule has 0 bridgehead atoms. The minimum atomic E-state index is 0.00579. The van der Waals surface area contributed by atoms with E-state index in [9.17, 15) is 4.79 Å². The lowest BCUT2D eigenvalue weighted by molar-refractivity contribution is -0.115. The SMILES string of the molecule is CC(C)(C)NC1=CCCC1=O. The van der Waals surface area contributed by atoms with Crippen LogP contribution in [0.15, 0.2) is 11.8 Å². The molecule has 0 saturated carbocycles. The first-order valence-electron chi connectivity index (χ1n) is 4.00. The minimum absolute atomic E-state index is 0.00579. The summed E-state index contributed by atoms with van der Waals surface area (Å²) in [6.07, 6.45) is 3.56. The molecule has 0 atom stereocenters. The van der Waals surface area contributed by atoms with Gasteiger partial charge in [0.2, 0.25) is 0 Å². The summed E-state index contributed by atoms with van der Waals surface area (Å²) in [6, 6.07) is 0. The van der Waals surface area contributed by atoms with Gasteiger partial charge in [-0.3, -0.25) is 4.79 Å². The van der Waals surface area contributed by atoms with Crippen LogP contribution in [0, 0.1) is 0 Å². The van der Waals surface area contributed by atoms with E-state index in [-0.39, 0.29) is 11.3 Å². The van der Waals surface area contributed by atoms with E-state index >= 15 is 0 Å². The summed E-state index contributed by atoms with van der Waals surface area (Å²) in [6.45, 7) is 6.17. The standard InChI is InChI=1S/C9H15NO/c1-9(2,3)10-7-5-4-6-8(7)11/h5,10H,4,6H2,1-3H3. The van der Waals surface area contributed by atoms with Crippen LogP contribution in [-0.4, -0.2) is 11.3 Å². The Balaban J connectivity index is 2.56. The zero-order chi connectivity index (χ0) is 8.48. The van der Waals surface area contributed by atoms with Crippen molar-refractivity contribution in [2.45, 2.75) is 39.2 Å². The number of ketones is 1. The second-order valence-corrected chi connectivity index (χ2v) is 3.95. The summed E-state index contributed by atoms with van der Waals surface area (Å²) in [5, 5.41) is 3.18. The van der Waals surface area contributed by atoms with Crippen molar-refractivity contribution in [3.05, 3.63) is 11.8 Å². The van der Waals surface area contributed by atoms with Gasteiger partial charge < -0.3 is 5.32 Å². The van der Waals surface area contributed by atoms with Crippen LogP contribution in [0.1, 0.15) is 33.6 Å². The van der Waals surface area contributed by atoms with Crippen molar-refractivity contribution in [1.29, 1.82) is 0 Å². The molecule has 0 aromatic carbocycles. The Kier molecular flexibility index (Phi) is 2.03. The molecule has 0 amide bonds. The molecule has 0 spiro atoms. The van der Waals surface area contributed by atoms with Crippen molar-refractivity contribution in [3.63, 3.8) is 0 Å². The molecule has 62 valence electrons. The number of carbonyl (C=O) groups excluding carboxylic acids is 1. The maximum atomic E-state index is 11.1. The molecule has 2 nitrogen and oxygen atoms in total. The van der Waals surface area contributed by atoms with Gasteiger partial charge in [-0.1, -0.05) is 6.08 Å². The fraction of sp³-hybridized carbons (Fsp3) is 0.667. The topological polar surface area (TPSA) is 29.1 Å². The van der Waals surface area contributed by atoms with E-state index in [0.29, 0.717) is 6.42 Å². The molecule has 1 aliphatic carbocycles. The first-order valence-corrected chi connectivity index (χ1v) is 4.00. The van der Waals surface area contributed by atoms with Gasteiger partial charge in [0.1, 0.15) is 0 Å². The second kappa shape index (κ2) is 2.68.